The molecular formula is C17H13N3S. The summed E-state index contributed by atoms with van der Waals surface area (Å²) in [5.74, 6) is 0.660. The van der Waals surface area contributed by atoms with Crippen LogP contribution in [0.2, 0.25) is 0 Å². The van der Waals surface area contributed by atoms with E-state index >= 15 is 0 Å². The van der Waals surface area contributed by atoms with Gasteiger partial charge in [0, 0.05) is 11.8 Å². The summed E-state index contributed by atoms with van der Waals surface area (Å²) in [6.45, 7) is 0. The van der Waals surface area contributed by atoms with Gasteiger partial charge in [0.15, 0.2) is 0 Å². The maximum atomic E-state index is 6.14. The van der Waals surface area contributed by atoms with Gasteiger partial charge in [-0.1, -0.05) is 42.5 Å². The Hall–Kier alpha value is -2.59. The Kier molecular flexibility index (Phi) is 2.75. The number of thiazole rings is 1. The highest BCUT2D eigenvalue weighted by Gasteiger charge is 2.16. The van der Waals surface area contributed by atoms with E-state index in [0.29, 0.717) is 5.82 Å². The highest BCUT2D eigenvalue weighted by Crippen LogP contribution is 2.39. The number of rotatable bonds is 2. The summed E-state index contributed by atoms with van der Waals surface area (Å²) < 4.78 is 1.17. The van der Waals surface area contributed by atoms with Crippen molar-refractivity contribution in [3.05, 3.63) is 60.8 Å². The Morgan fingerprint density at radius 3 is 2.52 bits per heavy atom. The average molecular weight is 291 g/mol. The van der Waals surface area contributed by atoms with Gasteiger partial charge in [-0.05, 0) is 17.7 Å². The number of hydrogen-bond acceptors (Lipinski definition) is 3. The van der Waals surface area contributed by atoms with Crippen LogP contribution in [-0.4, -0.2) is 9.97 Å². The van der Waals surface area contributed by atoms with E-state index in [1.54, 1.807) is 11.3 Å². The minimum Gasteiger partial charge on any atom is -0.385 e. The molecule has 2 aromatic heterocycles. The largest absolute Gasteiger partial charge is 0.385 e. The summed E-state index contributed by atoms with van der Waals surface area (Å²) in [6, 6.07) is 18.4. The molecule has 0 saturated carbocycles. The number of nitrogen functional groups attached to an aromatic ring is 1. The van der Waals surface area contributed by atoms with Gasteiger partial charge in [0.2, 0.25) is 0 Å². The number of hydrogen-bond donors (Lipinski definition) is 2. The van der Waals surface area contributed by atoms with E-state index in [2.05, 4.69) is 23.2 Å². The summed E-state index contributed by atoms with van der Waals surface area (Å²) >= 11 is 1.67. The summed E-state index contributed by atoms with van der Waals surface area (Å²) in [6.07, 6.45) is 1.95. The van der Waals surface area contributed by atoms with Crippen molar-refractivity contribution in [2.24, 2.45) is 0 Å². The number of nitrogens with one attached hydrogen (secondary N) is 1. The van der Waals surface area contributed by atoms with E-state index in [1.165, 1.54) is 4.70 Å². The van der Waals surface area contributed by atoms with Crippen molar-refractivity contribution in [2.45, 2.75) is 0 Å². The lowest BCUT2D eigenvalue weighted by atomic mass is 10.0. The van der Waals surface area contributed by atoms with Crippen molar-refractivity contribution in [1.29, 1.82) is 0 Å². The van der Waals surface area contributed by atoms with Gasteiger partial charge in [0.05, 0.1) is 15.8 Å². The zero-order chi connectivity index (χ0) is 14.2. The lowest BCUT2D eigenvalue weighted by molar-refractivity contribution is 1.41. The van der Waals surface area contributed by atoms with Gasteiger partial charge in [-0.25, -0.2) is 4.98 Å². The van der Waals surface area contributed by atoms with E-state index in [0.717, 1.165) is 27.2 Å². The molecule has 2 aromatic carbocycles. The standard InChI is InChI=1S/C17H13N3S/c18-16-15(12(10-19-16)11-6-2-1-3-7-11)17-20-13-8-4-5-9-14(13)21-17/h1-10,19H,18H2. The fraction of sp³-hybridized carbons (Fsp3) is 0. The molecule has 0 aliphatic heterocycles. The lowest BCUT2D eigenvalue weighted by Gasteiger charge is -2.02. The first-order chi connectivity index (χ1) is 10.3. The molecule has 2 heterocycles. The van der Waals surface area contributed by atoms with Gasteiger partial charge >= 0.3 is 0 Å². The van der Waals surface area contributed by atoms with Crippen molar-refractivity contribution < 1.29 is 0 Å². The van der Waals surface area contributed by atoms with Gasteiger partial charge in [-0.3, -0.25) is 0 Å². The van der Waals surface area contributed by atoms with Crippen LogP contribution in [0.25, 0.3) is 31.9 Å². The van der Waals surface area contributed by atoms with Crippen LogP contribution in [0.5, 0.6) is 0 Å². The van der Waals surface area contributed by atoms with E-state index in [9.17, 15) is 0 Å². The highest BCUT2D eigenvalue weighted by molar-refractivity contribution is 7.21. The molecule has 3 N–H and O–H groups in total. The third-order valence-electron chi connectivity index (χ3n) is 3.50. The Morgan fingerprint density at radius 2 is 1.71 bits per heavy atom. The first-order valence-electron chi connectivity index (χ1n) is 6.71. The number of nitrogens with two attached hydrogens (primary N) is 1. The van der Waals surface area contributed by atoms with Gasteiger partial charge in [0.25, 0.3) is 0 Å². The number of H-pyrrole nitrogens is 1. The van der Waals surface area contributed by atoms with Crippen LogP contribution in [0.3, 0.4) is 0 Å². The molecule has 0 saturated heterocycles. The summed E-state index contributed by atoms with van der Waals surface area (Å²) in [7, 11) is 0. The van der Waals surface area contributed by atoms with Crippen LogP contribution in [0.1, 0.15) is 0 Å². The first kappa shape index (κ1) is 12.2. The Labute approximate surface area is 126 Å². The van der Waals surface area contributed by atoms with Crippen molar-refractivity contribution in [1.82, 2.24) is 9.97 Å². The molecule has 0 spiro atoms. The van der Waals surface area contributed by atoms with Crippen LogP contribution < -0.4 is 5.73 Å². The molecule has 0 bridgehead atoms. The average Bonchev–Trinajstić information content (AvgIpc) is 3.11. The van der Waals surface area contributed by atoms with Crippen LogP contribution >= 0.6 is 11.3 Å². The summed E-state index contributed by atoms with van der Waals surface area (Å²) in [5.41, 5.74) is 10.4. The van der Waals surface area contributed by atoms with Crippen LogP contribution in [0.15, 0.2) is 60.8 Å². The number of fused-ring (bicyclic) bond motifs is 1. The molecule has 4 heteroatoms. The maximum Gasteiger partial charge on any atom is 0.128 e. The Bertz CT molecular complexity index is 873. The number of benzene rings is 2. The molecule has 0 atom stereocenters. The highest BCUT2D eigenvalue weighted by atomic mass is 32.1. The fourth-order valence-electron chi connectivity index (χ4n) is 2.49. The van der Waals surface area contributed by atoms with Crippen LogP contribution in [0, 0.1) is 0 Å². The minimum atomic E-state index is 0.660. The quantitative estimate of drug-likeness (QED) is 0.569. The SMILES string of the molecule is Nc1[nH]cc(-c2ccccc2)c1-c1nc2ccccc2s1. The van der Waals surface area contributed by atoms with Gasteiger partial charge < -0.3 is 10.7 Å². The molecule has 0 aliphatic carbocycles. The minimum absolute atomic E-state index is 0.660. The smallest absolute Gasteiger partial charge is 0.128 e. The molecule has 0 radical (unpaired) electrons. The maximum absolute atomic E-state index is 6.14. The molecule has 0 fully saturated rings. The number of para-hydroxylation sites is 1. The third kappa shape index (κ3) is 2.00. The van der Waals surface area contributed by atoms with E-state index in [-0.39, 0.29) is 0 Å². The summed E-state index contributed by atoms with van der Waals surface area (Å²) in [5, 5.41) is 0.953. The molecule has 21 heavy (non-hydrogen) atoms. The van der Waals surface area contributed by atoms with Crippen molar-refractivity contribution >= 4 is 27.4 Å². The normalized spacial score (nSPS) is 11.0. The number of aromatic amines is 1. The van der Waals surface area contributed by atoms with E-state index < -0.39 is 0 Å². The molecule has 0 unspecified atom stereocenters. The first-order valence-corrected chi connectivity index (χ1v) is 7.53. The molecule has 3 nitrogen and oxygen atoms in total. The molecule has 4 rings (SSSR count). The predicted molar refractivity (Wildman–Crippen MR) is 89.3 cm³/mol. The molecule has 102 valence electrons. The number of anilines is 1. The van der Waals surface area contributed by atoms with Crippen molar-refractivity contribution in [2.75, 3.05) is 5.73 Å². The summed E-state index contributed by atoms with van der Waals surface area (Å²) in [4.78, 5) is 7.84. The third-order valence-corrected chi connectivity index (χ3v) is 4.56. The van der Waals surface area contributed by atoms with Gasteiger partial charge in [-0.2, -0.15) is 0 Å². The Morgan fingerprint density at radius 1 is 0.952 bits per heavy atom. The van der Waals surface area contributed by atoms with Gasteiger partial charge in [0.1, 0.15) is 10.8 Å². The predicted octanol–water partition coefficient (Wildman–Crippen LogP) is 4.54. The topological polar surface area (TPSA) is 54.7 Å². The van der Waals surface area contributed by atoms with Crippen molar-refractivity contribution in [3.63, 3.8) is 0 Å². The van der Waals surface area contributed by atoms with E-state index in [4.69, 9.17) is 10.7 Å². The second-order valence-electron chi connectivity index (χ2n) is 4.84. The zero-order valence-corrected chi connectivity index (χ0v) is 12.0. The monoisotopic (exact) mass is 291 g/mol. The fourth-order valence-corrected chi connectivity index (χ4v) is 3.53. The van der Waals surface area contributed by atoms with E-state index in [1.807, 2.05) is 42.6 Å². The van der Waals surface area contributed by atoms with Crippen molar-refractivity contribution in [3.8, 4) is 21.7 Å². The zero-order valence-electron chi connectivity index (χ0n) is 11.2. The number of nitrogens with zero attached hydrogens (tertiary/aromatic N) is 1. The molecule has 4 aromatic rings. The van der Waals surface area contributed by atoms with Crippen LogP contribution in [-0.2, 0) is 0 Å². The number of aromatic nitrogens is 2. The Balaban J connectivity index is 1.94. The van der Waals surface area contributed by atoms with Crippen LogP contribution in [0.4, 0.5) is 5.82 Å². The second-order valence-corrected chi connectivity index (χ2v) is 5.87. The van der Waals surface area contributed by atoms with Gasteiger partial charge in [-0.15, -0.1) is 11.3 Å². The second kappa shape index (κ2) is 4.75. The molecular weight excluding hydrogens is 278 g/mol. The lowest BCUT2D eigenvalue weighted by Crippen LogP contribution is -1.88. The molecule has 0 amide bonds. The molecule has 0 aliphatic rings.